The Bertz CT molecular complexity index is 416. The van der Waals surface area contributed by atoms with E-state index in [4.69, 9.17) is 5.73 Å². The van der Waals surface area contributed by atoms with Gasteiger partial charge in [-0.25, -0.2) is 0 Å². The van der Waals surface area contributed by atoms with Crippen LogP contribution in [0.25, 0.3) is 0 Å². The second kappa shape index (κ2) is 8.02. The summed E-state index contributed by atoms with van der Waals surface area (Å²) in [6.45, 7) is 7.81. The Morgan fingerprint density at radius 3 is 2.50 bits per heavy atom. The van der Waals surface area contributed by atoms with Crippen molar-refractivity contribution in [2.24, 2.45) is 5.73 Å². The second-order valence-corrected chi connectivity index (χ2v) is 5.42. The number of nitrogens with one attached hydrogen (secondary N) is 1. The van der Waals surface area contributed by atoms with E-state index in [0.717, 1.165) is 24.1 Å². The first-order valence-electron chi connectivity index (χ1n) is 7.25. The zero-order chi connectivity index (χ0) is 15.1. The average Bonchev–Trinajstić information content (AvgIpc) is 2.46. The van der Waals surface area contributed by atoms with Crippen LogP contribution < -0.4 is 11.1 Å². The lowest BCUT2D eigenvalue weighted by molar-refractivity contribution is -0.122. The SMILES string of the molecule is CCC(C)N(C)CCNC(=O)C(N)c1ccc(C)cc1. The van der Waals surface area contributed by atoms with Gasteiger partial charge in [0, 0.05) is 19.1 Å². The van der Waals surface area contributed by atoms with Crippen molar-refractivity contribution < 1.29 is 4.79 Å². The van der Waals surface area contributed by atoms with Crippen LogP contribution >= 0.6 is 0 Å². The molecular weight excluding hydrogens is 250 g/mol. The topological polar surface area (TPSA) is 58.4 Å². The number of carbonyl (C=O) groups is 1. The lowest BCUT2D eigenvalue weighted by Gasteiger charge is -2.23. The number of likely N-dealkylation sites (N-methyl/N-ethyl adjacent to an activating group) is 1. The molecule has 0 saturated heterocycles. The molecule has 1 rings (SSSR count). The maximum Gasteiger partial charge on any atom is 0.241 e. The maximum absolute atomic E-state index is 12.0. The van der Waals surface area contributed by atoms with Crippen molar-refractivity contribution >= 4 is 5.91 Å². The third kappa shape index (κ3) is 4.94. The van der Waals surface area contributed by atoms with Gasteiger partial charge in [-0.3, -0.25) is 4.79 Å². The summed E-state index contributed by atoms with van der Waals surface area (Å²) in [5, 5.41) is 2.90. The van der Waals surface area contributed by atoms with Crippen LogP contribution in [0.1, 0.15) is 37.4 Å². The molecule has 0 saturated carbocycles. The molecular formula is C16H27N3O. The highest BCUT2D eigenvalue weighted by Gasteiger charge is 2.15. The minimum absolute atomic E-state index is 0.119. The number of hydrogen-bond donors (Lipinski definition) is 2. The van der Waals surface area contributed by atoms with Crippen molar-refractivity contribution in [2.75, 3.05) is 20.1 Å². The fraction of sp³-hybridized carbons (Fsp3) is 0.562. The van der Waals surface area contributed by atoms with Gasteiger partial charge in [-0.15, -0.1) is 0 Å². The molecule has 0 aliphatic carbocycles. The van der Waals surface area contributed by atoms with Crippen molar-refractivity contribution in [1.82, 2.24) is 10.2 Å². The molecule has 1 aromatic rings. The van der Waals surface area contributed by atoms with Crippen LogP contribution in [0, 0.1) is 6.92 Å². The van der Waals surface area contributed by atoms with Gasteiger partial charge < -0.3 is 16.0 Å². The van der Waals surface area contributed by atoms with Gasteiger partial charge in [-0.1, -0.05) is 36.8 Å². The molecule has 0 spiro atoms. The van der Waals surface area contributed by atoms with Crippen LogP contribution in [0.2, 0.25) is 0 Å². The molecule has 0 aliphatic rings. The molecule has 1 amide bonds. The van der Waals surface area contributed by atoms with Gasteiger partial charge in [0.1, 0.15) is 6.04 Å². The lowest BCUT2D eigenvalue weighted by atomic mass is 10.1. The number of carbonyl (C=O) groups excluding carboxylic acids is 1. The number of hydrogen-bond acceptors (Lipinski definition) is 3. The van der Waals surface area contributed by atoms with Gasteiger partial charge in [-0.05, 0) is 32.9 Å². The average molecular weight is 277 g/mol. The van der Waals surface area contributed by atoms with E-state index in [-0.39, 0.29) is 5.91 Å². The lowest BCUT2D eigenvalue weighted by Crippen LogP contribution is -2.40. The Labute approximate surface area is 122 Å². The maximum atomic E-state index is 12.0. The van der Waals surface area contributed by atoms with E-state index in [2.05, 4.69) is 31.1 Å². The number of amides is 1. The third-order valence-electron chi connectivity index (χ3n) is 3.83. The molecule has 4 nitrogen and oxygen atoms in total. The van der Waals surface area contributed by atoms with Gasteiger partial charge in [0.05, 0.1) is 0 Å². The number of benzene rings is 1. The predicted molar refractivity (Wildman–Crippen MR) is 83.5 cm³/mol. The summed E-state index contributed by atoms with van der Waals surface area (Å²) < 4.78 is 0. The standard InChI is InChI=1S/C16H27N3O/c1-5-13(3)19(4)11-10-18-16(20)15(17)14-8-6-12(2)7-9-14/h6-9,13,15H,5,10-11,17H2,1-4H3,(H,18,20). The van der Waals surface area contributed by atoms with Crippen LogP contribution in [-0.2, 0) is 4.79 Å². The first kappa shape index (κ1) is 16.7. The van der Waals surface area contributed by atoms with Crippen LogP contribution in [0.5, 0.6) is 0 Å². The van der Waals surface area contributed by atoms with Crippen molar-refractivity contribution in [1.29, 1.82) is 0 Å². The van der Waals surface area contributed by atoms with Gasteiger partial charge in [0.25, 0.3) is 0 Å². The minimum atomic E-state index is -0.593. The Morgan fingerprint density at radius 2 is 1.95 bits per heavy atom. The first-order chi connectivity index (χ1) is 9.45. The summed E-state index contributed by atoms with van der Waals surface area (Å²) in [6, 6.07) is 7.69. The normalized spacial score (nSPS) is 14.1. The summed E-state index contributed by atoms with van der Waals surface area (Å²) in [4.78, 5) is 14.2. The van der Waals surface area contributed by atoms with E-state index in [1.165, 1.54) is 0 Å². The van der Waals surface area contributed by atoms with Crippen molar-refractivity contribution in [2.45, 2.75) is 39.3 Å². The summed E-state index contributed by atoms with van der Waals surface area (Å²) in [7, 11) is 2.07. The summed E-state index contributed by atoms with van der Waals surface area (Å²) >= 11 is 0. The summed E-state index contributed by atoms with van der Waals surface area (Å²) in [6.07, 6.45) is 1.10. The summed E-state index contributed by atoms with van der Waals surface area (Å²) in [5.41, 5.74) is 7.98. The highest BCUT2D eigenvalue weighted by Crippen LogP contribution is 2.11. The van der Waals surface area contributed by atoms with Crippen molar-refractivity contribution in [3.63, 3.8) is 0 Å². The Hall–Kier alpha value is -1.39. The van der Waals surface area contributed by atoms with E-state index in [1.54, 1.807) is 0 Å². The minimum Gasteiger partial charge on any atom is -0.353 e. The van der Waals surface area contributed by atoms with E-state index < -0.39 is 6.04 Å². The van der Waals surface area contributed by atoms with Gasteiger partial charge in [0.2, 0.25) is 5.91 Å². The fourth-order valence-electron chi connectivity index (χ4n) is 1.92. The molecule has 3 N–H and O–H groups in total. The summed E-state index contributed by atoms with van der Waals surface area (Å²) in [5.74, 6) is -0.119. The Balaban J connectivity index is 2.41. The molecule has 0 aliphatic heterocycles. The molecule has 0 heterocycles. The highest BCUT2D eigenvalue weighted by atomic mass is 16.2. The third-order valence-corrected chi connectivity index (χ3v) is 3.83. The Kier molecular flexibility index (Phi) is 6.68. The van der Waals surface area contributed by atoms with Crippen LogP contribution in [-0.4, -0.2) is 37.0 Å². The molecule has 0 aromatic heterocycles. The molecule has 20 heavy (non-hydrogen) atoms. The van der Waals surface area contributed by atoms with Crippen LogP contribution in [0.3, 0.4) is 0 Å². The Morgan fingerprint density at radius 1 is 1.35 bits per heavy atom. The second-order valence-electron chi connectivity index (χ2n) is 5.42. The van der Waals surface area contributed by atoms with Crippen molar-refractivity contribution in [3.05, 3.63) is 35.4 Å². The molecule has 0 fully saturated rings. The van der Waals surface area contributed by atoms with Crippen molar-refractivity contribution in [3.8, 4) is 0 Å². The molecule has 1 aromatic carbocycles. The smallest absolute Gasteiger partial charge is 0.241 e. The number of nitrogens with two attached hydrogens (primary N) is 1. The fourth-order valence-corrected chi connectivity index (χ4v) is 1.92. The molecule has 0 radical (unpaired) electrons. The monoisotopic (exact) mass is 277 g/mol. The zero-order valence-corrected chi connectivity index (χ0v) is 13.0. The van der Waals surface area contributed by atoms with E-state index >= 15 is 0 Å². The van der Waals surface area contributed by atoms with Gasteiger partial charge in [-0.2, -0.15) is 0 Å². The largest absolute Gasteiger partial charge is 0.353 e. The number of nitrogens with zero attached hydrogens (tertiary/aromatic N) is 1. The number of rotatable bonds is 7. The van der Waals surface area contributed by atoms with Crippen LogP contribution in [0.15, 0.2) is 24.3 Å². The number of aryl methyl sites for hydroxylation is 1. The molecule has 112 valence electrons. The first-order valence-corrected chi connectivity index (χ1v) is 7.25. The van der Waals surface area contributed by atoms with E-state index in [9.17, 15) is 4.79 Å². The predicted octanol–water partition coefficient (Wildman–Crippen LogP) is 1.84. The highest BCUT2D eigenvalue weighted by molar-refractivity contribution is 5.82. The van der Waals surface area contributed by atoms with Gasteiger partial charge >= 0.3 is 0 Å². The molecule has 2 unspecified atom stereocenters. The zero-order valence-electron chi connectivity index (χ0n) is 13.0. The van der Waals surface area contributed by atoms with E-state index in [0.29, 0.717) is 12.6 Å². The molecule has 0 bridgehead atoms. The quantitative estimate of drug-likeness (QED) is 0.799. The molecule has 2 atom stereocenters. The van der Waals surface area contributed by atoms with E-state index in [1.807, 2.05) is 31.2 Å². The van der Waals surface area contributed by atoms with Gasteiger partial charge in [0.15, 0.2) is 0 Å². The van der Waals surface area contributed by atoms with Crippen LogP contribution in [0.4, 0.5) is 0 Å². The molecule has 4 heteroatoms.